The van der Waals surface area contributed by atoms with E-state index in [1.807, 2.05) is 0 Å². The Morgan fingerprint density at radius 2 is 1.93 bits per heavy atom. The predicted octanol–water partition coefficient (Wildman–Crippen LogP) is 1.68. The van der Waals surface area contributed by atoms with Crippen molar-refractivity contribution >= 4 is 5.84 Å². The van der Waals surface area contributed by atoms with Gasteiger partial charge in [-0.25, -0.2) is 0 Å². The number of rotatable bonds is 3. The lowest BCUT2D eigenvalue weighted by Crippen LogP contribution is -2.45. The number of nitrogens with one attached hydrogen (secondary N) is 1. The fourth-order valence-corrected chi connectivity index (χ4v) is 2.01. The van der Waals surface area contributed by atoms with Crippen molar-refractivity contribution in [3.05, 3.63) is 0 Å². The van der Waals surface area contributed by atoms with Crippen molar-refractivity contribution in [2.75, 3.05) is 19.6 Å². The van der Waals surface area contributed by atoms with Crippen LogP contribution >= 0.6 is 0 Å². The third kappa shape index (κ3) is 2.71. The molecule has 0 aromatic rings. The van der Waals surface area contributed by atoms with E-state index >= 15 is 0 Å². The van der Waals surface area contributed by atoms with Crippen molar-refractivity contribution in [1.29, 1.82) is 5.41 Å². The maximum atomic E-state index is 7.55. The van der Waals surface area contributed by atoms with E-state index in [1.165, 1.54) is 6.54 Å². The normalized spacial score (nSPS) is 22.6. The molecular formula is C11H23N3. The lowest BCUT2D eigenvalue weighted by atomic mass is 9.79. The maximum Gasteiger partial charge on any atom is 0.0966 e. The Hall–Kier alpha value is -0.570. The summed E-state index contributed by atoms with van der Waals surface area (Å²) >= 11 is 0. The molecule has 0 radical (unpaired) electrons. The molecule has 3 N–H and O–H groups in total. The molecule has 82 valence electrons. The number of hydrogen-bond donors (Lipinski definition) is 2. The third-order valence-corrected chi connectivity index (χ3v) is 3.23. The number of piperidine rings is 1. The second-order valence-corrected chi connectivity index (χ2v) is 5.17. The Balaban J connectivity index is 2.42. The molecule has 0 aromatic heterocycles. The lowest BCUT2D eigenvalue weighted by Gasteiger charge is -2.39. The van der Waals surface area contributed by atoms with Gasteiger partial charge in [-0.05, 0) is 31.8 Å². The number of hydrogen-bond acceptors (Lipinski definition) is 2. The Bertz CT molecular complexity index is 203. The van der Waals surface area contributed by atoms with Gasteiger partial charge in [-0.15, -0.1) is 0 Å². The highest BCUT2D eigenvalue weighted by Crippen LogP contribution is 2.30. The fraction of sp³-hybridized carbons (Fsp3) is 0.909. The molecule has 0 unspecified atom stereocenters. The van der Waals surface area contributed by atoms with Gasteiger partial charge in [0, 0.05) is 12.0 Å². The van der Waals surface area contributed by atoms with Gasteiger partial charge < -0.3 is 10.6 Å². The first-order valence-corrected chi connectivity index (χ1v) is 5.51. The zero-order valence-electron chi connectivity index (χ0n) is 9.64. The largest absolute Gasteiger partial charge is 0.387 e. The predicted molar refractivity (Wildman–Crippen MR) is 60.5 cm³/mol. The third-order valence-electron chi connectivity index (χ3n) is 3.23. The summed E-state index contributed by atoms with van der Waals surface area (Å²) in [5.74, 6) is 1.10. The Morgan fingerprint density at radius 3 is 2.29 bits per heavy atom. The summed E-state index contributed by atoms with van der Waals surface area (Å²) in [6, 6.07) is 0. The van der Waals surface area contributed by atoms with E-state index in [2.05, 4.69) is 25.7 Å². The molecule has 14 heavy (non-hydrogen) atoms. The minimum Gasteiger partial charge on any atom is -0.387 e. The highest BCUT2D eigenvalue weighted by molar-refractivity contribution is 5.83. The van der Waals surface area contributed by atoms with E-state index in [9.17, 15) is 0 Å². The van der Waals surface area contributed by atoms with Gasteiger partial charge in [0.2, 0.25) is 0 Å². The summed E-state index contributed by atoms with van der Waals surface area (Å²) in [5.41, 5.74) is 5.58. The summed E-state index contributed by atoms with van der Waals surface area (Å²) in [5, 5.41) is 7.55. The molecule has 1 aliphatic heterocycles. The lowest BCUT2D eigenvalue weighted by molar-refractivity contribution is 0.148. The van der Waals surface area contributed by atoms with Gasteiger partial charge >= 0.3 is 0 Å². The maximum absolute atomic E-state index is 7.55. The van der Waals surface area contributed by atoms with Crippen LogP contribution in [0.4, 0.5) is 0 Å². The van der Waals surface area contributed by atoms with Crippen molar-refractivity contribution in [3.63, 3.8) is 0 Å². The van der Waals surface area contributed by atoms with E-state index in [1.54, 1.807) is 0 Å². The number of nitrogens with zero attached hydrogens (tertiary/aromatic N) is 1. The minimum absolute atomic E-state index is 0.0342. The fourth-order valence-electron chi connectivity index (χ4n) is 2.01. The molecule has 0 spiro atoms. The molecule has 3 nitrogen and oxygen atoms in total. The van der Waals surface area contributed by atoms with E-state index in [0.717, 1.165) is 31.8 Å². The van der Waals surface area contributed by atoms with Crippen molar-refractivity contribution in [2.45, 2.75) is 33.6 Å². The SMILES string of the molecule is CC(C)CN1CCC(C)(C(=N)N)CC1. The van der Waals surface area contributed by atoms with E-state index in [0.29, 0.717) is 5.84 Å². The van der Waals surface area contributed by atoms with Crippen LogP contribution in [0.3, 0.4) is 0 Å². The molecule has 1 heterocycles. The van der Waals surface area contributed by atoms with E-state index < -0.39 is 0 Å². The minimum atomic E-state index is -0.0342. The summed E-state index contributed by atoms with van der Waals surface area (Å²) in [6.45, 7) is 9.97. The Morgan fingerprint density at radius 1 is 1.43 bits per heavy atom. The van der Waals surface area contributed by atoms with E-state index in [4.69, 9.17) is 11.1 Å². The average Bonchev–Trinajstić information content (AvgIpc) is 2.08. The van der Waals surface area contributed by atoms with E-state index in [-0.39, 0.29) is 5.41 Å². The Kier molecular flexibility index (Phi) is 3.53. The molecule has 0 saturated carbocycles. The van der Waals surface area contributed by atoms with Gasteiger partial charge in [-0.3, -0.25) is 5.41 Å². The summed E-state index contributed by atoms with van der Waals surface area (Å²) < 4.78 is 0. The van der Waals surface area contributed by atoms with Crippen LogP contribution in [0.2, 0.25) is 0 Å². The molecule has 0 amide bonds. The number of nitrogens with two attached hydrogens (primary N) is 1. The van der Waals surface area contributed by atoms with Crippen LogP contribution < -0.4 is 5.73 Å². The zero-order chi connectivity index (χ0) is 10.8. The molecule has 0 aromatic carbocycles. The number of likely N-dealkylation sites (tertiary alicyclic amines) is 1. The average molecular weight is 197 g/mol. The molecular weight excluding hydrogens is 174 g/mol. The standard InChI is InChI=1S/C11H23N3/c1-9(2)8-14-6-4-11(3,5-7-14)10(12)13/h9H,4-8H2,1-3H3,(H3,12,13). The highest BCUT2D eigenvalue weighted by Gasteiger charge is 2.32. The Labute approximate surface area is 87.2 Å². The monoisotopic (exact) mass is 197 g/mol. The quantitative estimate of drug-likeness (QED) is 0.534. The van der Waals surface area contributed by atoms with Crippen LogP contribution in [0.5, 0.6) is 0 Å². The smallest absolute Gasteiger partial charge is 0.0966 e. The first-order valence-electron chi connectivity index (χ1n) is 5.51. The van der Waals surface area contributed by atoms with Crippen LogP contribution in [0.25, 0.3) is 0 Å². The molecule has 3 heteroatoms. The molecule has 1 aliphatic rings. The van der Waals surface area contributed by atoms with Crippen molar-refractivity contribution in [3.8, 4) is 0 Å². The summed E-state index contributed by atoms with van der Waals surface area (Å²) in [6.07, 6.45) is 2.07. The van der Waals surface area contributed by atoms with Crippen molar-refractivity contribution < 1.29 is 0 Å². The van der Waals surface area contributed by atoms with Crippen molar-refractivity contribution in [2.24, 2.45) is 17.1 Å². The van der Waals surface area contributed by atoms with Crippen LogP contribution in [0, 0.1) is 16.7 Å². The first kappa shape index (κ1) is 11.5. The van der Waals surface area contributed by atoms with Gasteiger partial charge in [0.15, 0.2) is 0 Å². The topological polar surface area (TPSA) is 53.1 Å². The molecule has 0 aliphatic carbocycles. The molecule has 1 rings (SSSR count). The molecule has 1 fully saturated rings. The second-order valence-electron chi connectivity index (χ2n) is 5.17. The van der Waals surface area contributed by atoms with Gasteiger partial charge in [0.25, 0.3) is 0 Å². The van der Waals surface area contributed by atoms with Crippen LogP contribution in [0.15, 0.2) is 0 Å². The van der Waals surface area contributed by atoms with Crippen LogP contribution in [0.1, 0.15) is 33.6 Å². The zero-order valence-corrected chi connectivity index (χ0v) is 9.64. The van der Waals surface area contributed by atoms with Gasteiger partial charge in [0.05, 0.1) is 5.84 Å². The van der Waals surface area contributed by atoms with Gasteiger partial charge in [-0.2, -0.15) is 0 Å². The second kappa shape index (κ2) is 4.30. The van der Waals surface area contributed by atoms with Gasteiger partial charge in [0.1, 0.15) is 0 Å². The molecule has 1 saturated heterocycles. The summed E-state index contributed by atoms with van der Waals surface area (Å²) in [7, 11) is 0. The molecule has 0 bridgehead atoms. The van der Waals surface area contributed by atoms with Crippen LogP contribution in [-0.4, -0.2) is 30.4 Å². The van der Waals surface area contributed by atoms with Crippen LogP contribution in [-0.2, 0) is 0 Å². The van der Waals surface area contributed by atoms with Crippen molar-refractivity contribution in [1.82, 2.24) is 4.90 Å². The van der Waals surface area contributed by atoms with Gasteiger partial charge in [-0.1, -0.05) is 20.8 Å². The highest BCUT2D eigenvalue weighted by atomic mass is 15.1. The summed E-state index contributed by atoms with van der Waals surface area (Å²) in [4.78, 5) is 2.48. The number of amidine groups is 1. The molecule has 0 atom stereocenters. The first-order chi connectivity index (χ1) is 6.44.